The molecule has 0 saturated carbocycles. The second-order valence-electron chi connectivity index (χ2n) is 12.1. The van der Waals surface area contributed by atoms with Gasteiger partial charge in [0.15, 0.2) is 0 Å². The zero-order valence-electron chi connectivity index (χ0n) is 27.8. The second kappa shape index (κ2) is 14.7. The number of aromatic nitrogens is 2. The number of methoxy groups -OCH3 is 1. The minimum atomic E-state index is -0.279. The van der Waals surface area contributed by atoms with E-state index < -0.39 is 0 Å². The number of rotatable bonds is 11. The number of nitrogens with zero attached hydrogens (tertiary/aromatic N) is 7. The maximum atomic E-state index is 12.6. The largest absolute Gasteiger partial charge is 0.494 e. The Morgan fingerprint density at radius 2 is 1.80 bits per heavy atom. The fourth-order valence-corrected chi connectivity index (χ4v) is 6.46. The number of piperazine rings is 1. The van der Waals surface area contributed by atoms with Gasteiger partial charge in [-0.1, -0.05) is 12.6 Å². The second-order valence-corrected chi connectivity index (χ2v) is 12.1. The molecule has 0 aliphatic carbocycles. The average Bonchev–Trinajstić information content (AvgIpc) is 3.46. The van der Waals surface area contributed by atoms with Crippen LogP contribution in [-0.2, 0) is 11.8 Å². The molecular weight excluding hydrogens is 578 g/mol. The molecule has 0 spiro atoms. The number of carbonyl (C=O) groups excluding carboxylic acids is 1. The summed E-state index contributed by atoms with van der Waals surface area (Å²) in [6.45, 7) is 18.3. The van der Waals surface area contributed by atoms with Gasteiger partial charge >= 0.3 is 0 Å². The average molecular weight is 626 g/mol. The van der Waals surface area contributed by atoms with Gasteiger partial charge in [0, 0.05) is 88.5 Å². The van der Waals surface area contributed by atoms with E-state index in [1.54, 1.807) is 14.2 Å². The van der Waals surface area contributed by atoms with E-state index in [-0.39, 0.29) is 5.91 Å². The van der Waals surface area contributed by atoms with Crippen molar-refractivity contribution in [3.63, 3.8) is 0 Å². The summed E-state index contributed by atoms with van der Waals surface area (Å²) >= 11 is 0. The lowest BCUT2D eigenvalue weighted by atomic mass is 10.0. The number of aryl methyl sites for hydroxylation is 1. The first kappa shape index (κ1) is 32.9. The van der Waals surface area contributed by atoms with Crippen molar-refractivity contribution in [1.29, 1.82) is 0 Å². The van der Waals surface area contributed by atoms with Crippen LogP contribution in [0.25, 0.3) is 10.9 Å². The van der Waals surface area contributed by atoms with E-state index in [0.717, 1.165) is 80.0 Å². The zero-order valence-corrected chi connectivity index (χ0v) is 27.8. The molecule has 2 aliphatic rings. The molecule has 2 saturated heterocycles. The van der Waals surface area contributed by atoms with Crippen LogP contribution >= 0.6 is 0 Å². The van der Waals surface area contributed by atoms with Crippen LogP contribution in [0.2, 0.25) is 0 Å². The molecule has 5 rings (SSSR count). The van der Waals surface area contributed by atoms with Crippen molar-refractivity contribution in [2.24, 2.45) is 17.0 Å². The van der Waals surface area contributed by atoms with E-state index in [4.69, 9.17) is 4.74 Å². The van der Waals surface area contributed by atoms with Crippen molar-refractivity contribution < 1.29 is 9.53 Å². The molecule has 11 nitrogen and oxygen atoms in total. The summed E-state index contributed by atoms with van der Waals surface area (Å²) in [6.07, 6.45) is 7.09. The van der Waals surface area contributed by atoms with Gasteiger partial charge in [0.1, 0.15) is 11.6 Å². The number of carbonyl (C=O) groups is 1. The number of aliphatic imine (C=N–C) groups is 2. The quantitative estimate of drug-likeness (QED) is 0.234. The lowest BCUT2D eigenvalue weighted by Gasteiger charge is -2.44. The van der Waals surface area contributed by atoms with Crippen LogP contribution in [0.3, 0.4) is 0 Å². The molecule has 2 N–H and O–H groups in total. The van der Waals surface area contributed by atoms with E-state index >= 15 is 0 Å². The fourth-order valence-electron chi connectivity index (χ4n) is 6.46. The Balaban J connectivity index is 1.36. The van der Waals surface area contributed by atoms with Crippen molar-refractivity contribution >= 4 is 46.3 Å². The highest BCUT2D eigenvalue weighted by atomic mass is 16.5. The minimum absolute atomic E-state index is 0.279. The van der Waals surface area contributed by atoms with Gasteiger partial charge in [0.25, 0.3) is 0 Å². The minimum Gasteiger partial charge on any atom is -0.494 e. The van der Waals surface area contributed by atoms with Crippen LogP contribution in [0.5, 0.6) is 5.75 Å². The smallest absolute Gasteiger partial charge is 0.247 e. The highest BCUT2D eigenvalue weighted by molar-refractivity contribution is 6.11. The zero-order chi connectivity index (χ0) is 32.8. The van der Waals surface area contributed by atoms with Gasteiger partial charge in [-0.25, -0.2) is 4.99 Å². The molecule has 3 aromatic rings. The van der Waals surface area contributed by atoms with E-state index in [1.165, 1.54) is 6.08 Å². The van der Waals surface area contributed by atoms with Crippen LogP contribution < -0.4 is 20.3 Å². The summed E-state index contributed by atoms with van der Waals surface area (Å²) in [5.74, 6) is 0.830. The third-order valence-electron chi connectivity index (χ3n) is 9.15. The SMILES string of the molecule is C=CC(=O)Nc1cc(N/C(=C/C(=N\C)c2ccc3c(cnn3C)c2)N=C)c(OC)cc1N1CCC(N2CCN(C(C)C)CC2)CC1. The van der Waals surface area contributed by atoms with E-state index in [9.17, 15) is 4.79 Å². The Kier molecular flexibility index (Phi) is 10.5. The van der Waals surface area contributed by atoms with Gasteiger partial charge in [-0.05, 0) is 57.7 Å². The van der Waals surface area contributed by atoms with Crippen LogP contribution in [0.1, 0.15) is 32.3 Å². The maximum Gasteiger partial charge on any atom is 0.247 e. The molecule has 0 bridgehead atoms. The standard InChI is InChI=1S/C35H47N9O2/c1-8-35(45)40-29-20-30(39-34(37-5)21-28(36-4)25-9-10-31-26(19-25)23-38-41(31)6)33(46-7)22-32(29)44-13-11-27(12-14-44)43-17-15-42(16-18-43)24(2)3/h8-10,19-24,27,39H,1,5,11-18H2,2-4,6-7H3,(H,40,45)/b34-21+,36-28+. The molecule has 0 unspecified atom stereocenters. The lowest BCUT2D eigenvalue weighted by Crippen LogP contribution is -2.54. The normalized spacial score (nSPS) is 17.4. The monoisotopic (exact) mass is 625 g/mol. The fraction of sp³-hybridized carbons (Fsp3) is 0.429. The van der Waals surface area contributed by atoms with Crippen molar-refractivity contribution in [1.82, 2.24) is 19.6 Å². The number of piperidine rings is 1. The van der Waals surface area contributed by atoms with Crippen molar-refractivity contribution in [3.05, 3.63) is 66.6 Å². The molecule has 2 aliphatic heterocycles. The molecule has 11 heteroatoms. The first-order valence-corrected chi connectivity index (χ1v) is 16.0. The third kappa shape index (κ3) is 7.32. The maximum absolute atomic E-state index is 12.6. The summed E-state index contributed by atoms with van der Waals surface area (Å²) in [7, 11) is 5.30. The number of amides is 1. The molecule has 1 aromatic heterocycles. The first-order valence-electron chi connectivity index (χ1n) is 16.0. The summed E-state index contributed by atoms with van der Waals surface area (Å²) in [4.78, 5) is 28.9. The van der Waals surface area contributed by atoms with Gasteiger partial charge in [0.2, 0.25) is 5.91 Å². The number of benzene rings is 2. The number of allylic oxidation sites excluding steroid dienone is 1. The number of nitrogens with one attached hydrogen (secondary N) is 2. The Morgan fingerprint density at radius 1 is 1.07 bits per heavy atom. The first-order chi connectivity index (χ1) is 22.2. The number of hydrogen-bond acceptors (Lipinski definition) is 9. The van der Waals surface area contributed by atoms with Crippen LogP contribution in [0.15, 0.2) is 71.1 Å². The Hall–Kier alpha value is -4.48. The Bertz CT molecular complexity index is 1620. The van der Waals surface area contributed by atoms with E-state index in [1.807, 2.05) is 48.3 Å². The van der Waals surface area contributed by atoms with Crippen LogP contribution in [0, 0.1) is 0 Å². The summed E-state index contributed by atoms with van der Waals surface area (Å²) < 4.78 is 7.70. The topological polar surface area (TPSA) is 103 Å². The van der Waals surface area contributed by atoms with Crippen LogP contribution in [-0.4, -0.2) is 103 Å². The Labute approximate surface area is 272 Å². The summed E-state index contributed by atoms with van der Waals surface area (Å²) in [6, 6.07) is 11.1. The van der Waals surface area contributed by atoms with Crippen molar-refractivity contribution in [2.75, 3.05) is 69.0 Å². The van der Waals surface area contributed by atoms with Gasteiger partial charge in [0.05, 0.1) is 41.6 Å². The number of fused-ring (bicyclic) bond motifs is 1. The molecule has 1 amide bonds. The summed E-state index contributed by atoms with van der Waals surface area (Å²) in [5, 5.41) is 11.7. The predicted molar refractivity (Wildman–Crippen MR) is 190 cm³/mol. The molecule has 2 fully saturated rings. The third-order valence-corrected chi connectivity index (χ3v) is 9.15. The number of ether oxygens (including phenoxy) is 1. The lowest BCUT2D eigenvalue weighted by molar-refractivity contribution is -0.111. The van der Waals surface area contributed by atoms with Gasteiger partial charge in [-0.2, -0.15) is 5.10 Å². The summed E-state index contributed by atoms with van der Waals surface area (Å²) in [5.41, 5.74) is 4.92. The van der Waals surface area contributed by atoms with E-state index in [0.29, 0.717) is 35.0 Å². The number of hydrogen-bond donors (Lipinski definition) is 2. The van der Waals surface area contributed by atoms with Gasteiger partial charge < -0.3 is 20.3 Å². The van der Waals surface area contributed by atoms with Crippen molar-refractivity contribution in [2.45, 2.75) is 38.8 Å². The predicted octanol–water partition coefficient (Wildman–Crippen LogP) is 4.77. The molecule has 3 heterocycles. The molecule has 244 valence electrons. The van der Waals surface area contributed by atoms with Crippen LogP contribution in [0.4, 0.5) is 17.1 Å². The van der Waals surface area contributed by atoms with E-state index in [2.05, 4.69) is 73.6 Å². The molecule has 0 atom stereocenters. The van der Waals surface area contributed by atoms with Crippen molar-refractivity contribution in [3.8, 4) is 5.75 Å². The highest BCUT2D eigenvalue weighted by Crippen LogP contribution is 2.39. The molecule has 46 heavy (non-hydrogen) atoms. The Morgan fingerprint density at radius 3 is 2.43 bits per heavy atom. The van der Waals surface area contributed by atoms with Gasteiger partial charge in [-0.15, -0.1) is 0 Å². The molecular formula is C35H47N9O2. The molecule has 0 radical (unpaired) electrons. The number of anilines is 3. The van der Waals surface area contributed by atoms with Gasteiger partial charge in [-0.3, -0.25) is 24.3 Å². The highest BCUT2D eigenvalue weighted by Gasteiger charge is 2.29. The molecule has 2 aromatic carbocycles.